The van der Waals surface area contributed by atoms with Gasteiger partial charge in [0.15, 0.2) is 0 Å². The molecule has 1 aromatic rings. The van der Waals surface area contributed by atoms with E-state index in [2.05, 4.69) is 10.3 Å². The van der Waals surface area contributed by atoms with Gasteiger partial charge in [0.25, 0.3) is 5.56 Å². The zero-order chi connectivity index (χ0) is 18.9. The fourth-order valence-electron chi connectivity index (χ4n) is 2.91. The third-order valence-corrected chi connectivity index (χ3v) is 4.14. The van der Waals surface area contributed by atoms with Crippen LogP contribution >= 0.6 is 0 Å². The largest absolute Gasteiger partial charge is 0.444 e. The molecule has 0 bridgehead atoms. The quantitative estimate of drug-likeness (QED) is 0.580. The molecule has 9 heteroatoms. The molecule has 1 aromatic heterocycles. The van der Waals surface area contributed by atoms with Crippen LogP contribution in [-0.2, 0) is 4.74 Å². The third kappa shape index (κ3) is 4.49. The van der Waals surface area contributed by atoms with E-state index in [0.29, 0.717) is 18.4 Å². The molecule has 2 rings (SSSR count). The van der Waals surface area contributed by atoms with Gasteiger partial charge in [-0.2, -0.15) is 0 Å². The van der Waals surface area contributed by atoms with Crippen LogP contribution in [0.2, 0.25) is 0 Å². The van der Waals surface area contributed by atoms with E-state index in [9.17, 15) is 24.6 Å². The zero-order valence-electron chi connectivity index (χ0n) is 14.8. The number of aliphatic hydroxyl groups excluding tert-OH is 2. The summed E-state index contributed by atoms with van der Waals surface area (Å²) < 4.78 is 6.36. The van der Waals surface area contributed by atoms with Gasteiger partial charge in [0.05, 0.1) is 12.1 Å². The maximum absolute atomic E-state index is 12.0. The summed E-state index contributed by atoms with van der Waals surface area (Å²) in [6.45, 7) is 6.71. The average Bonchev–Trinajstić information content (AvgIpc) is 2.46. The molecule has 9 nitrogen and oxygen atoms in total. The second-order valence-electron chi connectivity index (χ2n) is 7.36. The average molecular weight is 355 g/mol. The first kappa shape index (κ1) is 19.2. The smallest absolute Gasteiger partial charge is 0.407 e. The van der Waals surface area contributed by atoms with Crippen molar-refractivity contribution in [3.8, 4) is 0 Å². The highest BCUT2D eigenvalue weighted by Crippen LogP contribution is 2.28. The number of ether oxygens (including phenoxy) is 1. The number of aliphatic hydroxyl groups is 2. The normalized spacial score (nSPS) is 27.0. The Morgan fingerprint density at radius 2 is 1.92 bits per heavy atom. The van der Waals surface area contributed by atoms with Crippen LogP contribution in [0.15, 0.2) is 15.8 Å². The molecule has 0 spiro atoms. The van der Waals surface area contributed by atoms with Crippen LogP contribution in [0.1, 0.15) is 45.2 Å². The number of hydrogen-bond donors (Lipinski definition) is 4. The lowest BCUT2D eigenvalue weighted by Gasteiger charge is -2.38. The molecule has 1 amide bonds. The lowest BCUT2D eigenvalue weighted by atomic mass is 9.86. The van der Waals surface area contributed by atoms with Gasteiger partial charge in [0, 0.05) is 11.8 Å². The van der Waals surface area contributed by atoms with Gasteiger partial charge < -0.3 is 20.3 Å². The van der Waals surface area contributed by atoms with Crippen LogP contribution in [0.5, 0.6) is 0 Å². The summed E-state index contributed by atoms with van der Waals surface area (Å²) in [5.41, 5.74) is -1.48. The first-order valence-electron chi connectivity index (χ1n) is 8.17. The highest BCUT2D eigenvalue weighted by molar-refractivity contribution is 5.68. The van der Waals surface area contributed by atoms with E-state index in [0.717, 1.165) is 0 Å². The molecule has 4 atom stereocenters. The van der Waals surface area contributed by atoms with Gasteiger partial charge in [0.2, 0.25) is 0 Å². The van der Waals surface area contributed by atoms with Crippen molar-refractivity contribution < 1.29 is 19.7 Å². The molecule has 1 aliphatic carbocycles. The fraction of sp³-hybridized carbons (Fsp3) is 0.688. The van der Waals surface area contributed by atoms with E-state index >= 15 is 0 Å². The summed E-state index contributed by atoms with van der Waals surface area (Å²) in [5, 5.41) is 23.3. The van der Waals surface area contributed by atoms with Gasteiger partial charge >= 0.3 is 11.8 Å². The molecule has 1 heterocycles. The van der Waals surface area contributed by atoms with Gasteiger partial charge in [-0.05, 0) is 40.5 Å². The van der Waals surface area contributed by atoms with Crippen LogP contribution in [0.25, 0.3) is 0 Å². The minimum absolute atomic E-state index is 0.329. The summed E-state index contributed by atoms with van der Waals surface area (Å²) in [6.07, 6.45) is -1.19. The fourth-order valence-corrected chi connectivity index (χ4v) is 2.91. The van der Waals surface area contributed by atoms with Crippen LogP contribution in [0.3, 0.4) is 0 Å². The lowest BCUT2D eigenvalue weighted by Crippen LogP contribution is -2.56. The second kappa shape index (κ2) is 7.01. The summed E-state index contributed by atoms with van der Waals surface area (Å²) in [7, 11) is 0. The number of nitrogens with zero attached hydrogens (tertiary/aromatic N) is 1. The summed E-state index contributed by atoms with van der Waals surface area (Å²) in [4.78, 5) is 37.5. The minimum Gasteiger partial charge on any atom is -0.444 e. The summed E-state index contributed by atoms with van der Waals surface area (Å²) >= 11 is 0. The second-order valence-corrected chi connectivity index (χ2v) is 7.36. The van der Waals surface area contributed by atoms with Crippen LogP contribution in [0, 0.1) is 6.92 Å². The number of carbonyl (C=O) groups excluding carboxylic acids is 1. The van der Waals surface area contributed by atoms with E-state index in [-0.39, 0.29) is 0 Å². The highest BCUT2D eigenvalue weighted by atomic mass is 16.6. The van der Waals surface area contributed by atoms with Crippen molar-refractivity contribution in [1.29, 1.82) is 0 Å². The molecular formula is C16H25N3O6. The Balaban J connectivity index is 2.13. The number of rotatable bonds is 2. The predicted molar refractivity (Wildman–Crippen MR) is 89.5 cm³/mol. The molecule has 0 unspecified atom stereocenters. The van der Waals surface area contributed by atoms with Crippen molar-refractivity contribution in [2.75, 3.05) is 0 Å². The van der Waals surface area contributed by atoms with Crippen molar-refractivity contribution in [3.05, 3.63) is 32.6 Å². The number of nitrogens with one attached hydrogen (secondary N) is 2. The number of amides is 1. The Morgan fingerprint density at radius 3 is 2.52 bits per heavy atom. The predicted octanol–water partition coefficient (Wildman–Crippen LogP) is -0.205. The number of carbonyl (C=O) groups is 1. The topological polar surface area (TPSA) is 134 Å². The molecule has 0 aromatic carbocycles. The Bertz CT molecular complexity index is 747. The maximum atomic E-state index is 12.0. The number of hydrogen-bond acceptors (Lipinski definition) is 6. The van der Waals surface area contributed by atoms with E-state index < -0.39 is 47.2 Å². The number of alkyl carbamates (subject to hydrolysis) is 1. The molecule has 0 aliphatic heterocycles. The zero-order valence-corrected chi connectivity index (χ0v) is 14.8. The summed E-state index contributed by atoms with van der Waals surface area (Å²) in [5.74, 6) is 0. The SMILES string of the molecule is Cc1cn([C@@H]2CC[C@@H](NC(=O)OC(C)(C)C)[C@@H](O)[C@@H]2O)c(=O)[nH]c1=O. The van der Waals surface area contributed by atoms with Gasteiger partial charge in [-0.25, -0.2) is 9.59 Å². The first-order chi connectivity index (χ1) is 11.5. The molecule has 140 valence electrons. The Hall–Kier alpha value is -2.13. The minimum atomic E-state index is -1.28. The number of aromatic nitrogens is 2. The van der Waals surface area contributed by atoms with Crippen LogP contribution < -0.4 is 16.6 Å². The number of aromatic amines is 1. The van der Waals surface area contributed by atoms with Gasteiger partial charge in [0.1, 0.15) is 17.8 Å². The maximum Gasteiger partial charge on any atom is 0.407 e. The Kier molecular flexibility index (Phi) is 5.38. The van der Waals surface area contributed by atoms with Crippen LogP contribution in [0.4, 0.5) is 4.79 Å². The van der Waals surface area contributed by atoms with Crippen molar-refractivity contribution in [1.82, 2.24) is 14.9 Å². The first-order valence-corrected chi connectivity index (χ1v) is 8.17. The summed E-state index contributed by atoms with van der Waals surface area (Å²) in [6, 6.07) is -1.39. The molecule has 1 saturated carbocycles. The number of aryl methyl sites for hydroxylation is 1. The van der Waals surface area contributed by atoms with Crippen molar-refractivity contribution in [3.63, 3.8) is 0 Å². The lowest BCUT2D eigenvalue weighted by molar-refractivity contribution is -0.0598. The molecular weight excluding hydrogens is 330 g/mol. The standard InChI is InChI=1S/C16H25N3O6/c1-8-7-19(14(23)18-13(8)22)10-6-5-9(11(20)12(10)21)17-15(24)25-16(2,3)4/h7,9-12,20-21H,5-6H2,1-4H3,(H,17,24)(H,18,22,23)/t9-,10-,11-,12-/m1/s1. The van der Waals surface area contributed by atoms with Crippen molar-refractivity contribution >= 4 is 6.09 Å². The van der Waals surface area contributed by atoms with Crippen LogP contribution in [-0.4, -0.2) is 49.7 Å². The third-order valence-electron chi connectivity index (χ3n) is 4.14. The van der Waals surface area contributed by atoms with E-state index in [1.807, 2.05) is 0 Å². The Morgan fingerprint density at radius 1 is 1.28 bits per heavy atom. The van der Waals surface area contributed by atoms with Gasteiger partial charge in [-0.1, -0.05) is 0 Å². The number of H-pyrrole nitrogens is 1. The van der Waals surface area contributed by atoms with E-state index in [1.54, 1.807) is 27.7 Å². The van der Waals surface area contributed by atoms with Gasteiger partial charge in [-0.15, -0.1) is 0 Å². The Labute approximate surface area is 144 Å². The van der Waals surface area contributed by atoms with Crippen molar-refractivity contribution in [2.45, 2.75) is 70.4 Å². The molecule has 4 N–H and O–H groups in total. The van der Waals surface area contributed by atoms with E-state index in [1.165, 1.54) is 10.8 Å². The highest BCUT2D eigenvalue weighted by Gasteiger charge is 2.40. The molecule has 25 heavy (non-hydrogen) atoms. The molecule has 1 fully saturated rings. The molecule has 0 radical (unpaired) electrons. The molecule has 0 saturated heterocycles. The van der Waals surface area contributed by atoms with Crippen molar-refractivity contribution in [2.24, 2.45) is 0 Å². The van der Waals surface area contributed by atoms with Gasteiger partial charge in [-0.3, -0.25) is 14.3 Å². The molecule has 1 aliphatic rings. The van der Waals surface area contributed by atoms with E-state index in [4.69, 9.17) is 4.74 Å². The monoisotopic (exact) mass is 355 g/mol.